The summed E-state index contributed by atoms with van der Waals surface area (Å²) in [5.74, 6) is -10.3. The number of nitrogens with zero attached hydrogens (tertiary/aromatic N) is 7. The molecule has 1 aliphatic heterocycles. The topological polar surface area (TPSA) is 348 Å². The first-order chi connectivity index (χ1) is 46.1. The minimum absolute atomic E-state index is 0.0135. The van der Waals surface area contributed by atoms with Crippen LogP contribution >= 0.6 is 11.8 Å². The van der Waals surface area contributed by atoms with Gasteiger partial charge in [0.25, 0.3) is 0 Å². The Morgan fingerprint density at radius 2 is 0.889 bits per heavy atom. The molecule has 0 aromatic heterocycles. The third-order valence-electron chi connectivity index (χ3n) is 18.7. The number of likely N-dealkylation sites (N-methyl/N-ethyl adjacent to an activating group) is 7. The number of thioether (sulfide) groups is 1. The van der Waals surface area contributed by atoms with Gasteiger partial charge in [-0.3, -0.25) is 57.5 Å². The largest absolute Gasteiger partial charge is 0.396 e. The lowest BCUT2D eigenvalue weighted by atomic mass is 9.90. The van der Waals surface area contributed by atoms with E-state index in [1.54, 1.807) is 41.5 Å². The maximum Gasteiger partial charge on any atom is 0.246 e. The van der Waals surface area contributed by atoms with E-state index in [4.69, 9.17) is 5.11 Å². The number of carbonyl (C=O) groups excluding carboxylic acids is 12. The van der Waals surface area contributed by atoms with Crippen LogP contribution in [0.2, 0.25) is 0 Å². The van der Waals surface area contributed by atoms with Crippen molar-refractivity contribution in [2.45, 2.75) is 260 Å². The quantitative estimate of drug-likeness (QED) is 0.0547. The zero-order chi connectivity index (χ0) is 76.2. The molecule has 1 heterocycles. The van der Waals surface area contributed by atoms with E-state index in [9.17, 15) is 39.0 Å². The van der Waals surface area contributed by atoms with E-state index < -0.39 is 168 Å². The Kier molecular flexibility index (Phi) is 40.7. The molecular formula is C71H130N12O15S. The molecule has 99 heavy (non-hydrogen) atoms. The summed E-state index contributed by atoms with van der Waals surface area (Å²) in [6.45, 7) is 27.7. The fourth-order valence-electron chi connectivity index (χ4n) is 12.4. The maximum absolute atomic E-state index is 15.5. The molecule has 28 heteroatoms. The summed E-state index contributed by atoms with van der Waals surface area (Å²) in [5, 5.41) is 45.0. The van der Waals surface area contributed by atoms with Crippen molar-refractivity contribution in [3.63, 3.8) is 0 Å². The molecule has 0 saturated carbocycles. The van der Waals surface area contributed by atoms with E-state index in [2.05, 4.69) is 26.6 Å². The first-order valence-corrected chi connectivity index (χ1v) is 37.1. The summed E-state index contributed by atoms with van der Waals surface area (Å²) in [6, 6.07) is -14.1. The van der Waals surface area contributed by atoms with Crippen LogP contribution < -0.4 is 26.6 Å². The number of amides is 12. The molecule has 1 unspecified atom stereocenters. The molecule has 0 aromatic rings. The molecule has 12 amide bonds. The molecule has 1 saturated heterocycles. The van der Waals surface area contributed by atoms with E-state index in [0.717, 1.165) is 4.90 Å². The van der Waals surface area contributed by atoms with Crippen LogP contribution in [0.25, 0.3) is 0 Å². The number of hydrogen-bond donors (Lipinski definition) is 8. The molecule has 0 radical (unpaired) electrons. The predicted octanol–water partition coefficient (Wildman–Crippen LogP) is 3.24. The van der Waals surface area contributed by atoms with Gasteiger partial charge >= 0.3 is 0 Å². The average Bonchev–Trinajstić information content (AvgIpc) is 0.807. The van der Waals surface area contributed by atoms with Crippen molar-refractivity contribution in [1.29, 1.82) is 0 Å². The van der Waals surface area contributed by atoms with Crippen molar-refractivity contribution in [1.82, 2.24) is 60.9 Å². The maximum atomic E-state index is 15.5. The number of unbranched alkanes of at least 4 members (excludes halogenated alkanes) is 4. The standard InChI is InChI=1S/C71H130N12O15S/c1-24-50-66(93)81(21)55(40-99-34-30-29-33-84)69(96)77(17)52(36-42(4)5)63(90)76-57(45(10)11)70(97)78(18)51(35-41(2)3)62(89)73-48(15)61(88)74-49(16)65(92)79(19)53(37-43(6)7)67(94)80(20)54(38-44(8)9)68(95)82(22)58(46(12)13)71(98)83(23)59(64(91)75-50)60(87)47(14)31-27-25-26-28-32-72-56(86)39-85/h41-55,57-60,84-85,87H,24-40H2,1-23H3,(H,72,86)(H,73,89)(H,74,88)(H,75,91)(H,76,90)/t47-,48?,49+,50-,51-,52+,53+,54-,55-,57-,58-,59+,60-/m1/s1. The van der Waals surface area contributed by atoms with Gasteiger partial charge in [0.2, 0.25) is 70.9 Å². The Morgan fingerprint density at radius 3 is 1.37 bits per heavy atom. The highest BCUT2D eigenvalue weighted by Crippen LogP contribution is 2.27. The van der Waals surface area contributed by atoms with Gasteiger partial charge in [-0.1, -0.05) is 116 Å². The van der Waals surface area contributed by atoms with Crippen molar-refractivity contribution < 1.29 is 72.9 Å². The molecule has 0 aliphatic carbocycles. The van der Waals surface area contributed by atoms with Gasteiger partial charge in [-0.05, 0) is 119 Å². The third kappa shape index (κ3) is 28.0. The number of carbonyl (C=O) groups is 12. The molecule has 0 aromatic carbocycles. The minimum Gasteiger partial charge on any atom is -0.396 e. The van der Waals surface area contributed by atoms with Crippen LogP contribution in [0.15, 0.2) is 0 Å². The lowest BCUT2D eigenvalue weighted by Crippen LogP contribution is -2.64. The Balaban J connectivity index is 4.52. The molecule has 570 valence electrons. The van der Waals surface area contributed by atoms with E-state index >= 15 is 28.8 Å². The normalized spacial score (nSPS) is 25.4. The predicted molar refractivity (Wildman–Crippen MR) is 385 cm³/mol. The van der Waals surface area contributed by atoms with E-state index in [-0.39, 0.29) is 68.1 Å². The van der Waals surface area contributed by atoms with Crippen LogP contribution in [-0.2, 0) is 57.5 Å². The van der Waals surface area contributed by atoms with Crippen molar-refractivity contribution >= 4 is 82.6 Å². The van der Waals surface area contributed by atoms with Crippen LogP contribution in [0.1, 0.15) is 188 Å². The van der Waals surface area contributed by atoms with Crippen LogP contribution in [0.4, 0.5) is 0 Å². The highest BCUT2D eigenvalue weighted by atomic mass is 32.2. The molecule has 1 fully saturated rings. The molecule has 27 nitrogen and oxygen atoms in total. The van der Waals surface area contributed by atoms with Crippen molar-refractivity contribution in [2.75, 3.05) is 80.6 Å². The van der Waals surface area contributed by atoms with Gasteiger partial charge in [0.15, 0.2) is 0 Å². The van der Waals surface area contributed by atoms with Crippen LogP contribution in [-0.4, -0.2) is 274 Å². The highest BCUT2D eigenvalue weighted by molar-refractivity contribution is 7.99. The lowest BCUT2D eigenvalue weighted by Gasteiger charge is -2.41. The summed E-state index contributed by atoms with van der Waals surface area (Å²) in [4.78, 5) is 185. The van der Waals surface area contributed by atoms with Crippen molar-refractivity contribution in [3.05, 3.63) is 0 Å². The SMILES string of the molecule is CC[C@H]1NC(=O)[C@H]([C@H](O)[C@H](C)CCCCCCNC(=O)CO)N(C)C(=O)[C@@H](C(C)C)N(C)C(=O)[C@@H](CC(C)C)N(C)C(=O)[C@H](CC(C)C)N(C)C(=O)[C@H](C)NC(=O)C(C)NC(=O)[C@@H](CC(C)C)N(C)C(=O)[C@@H](C(C)C)NC(=O)[C@H](CC(C)C)N(C)C(=O)[C@@H](CSCCCCO)N(C)C1=O. The fourth-order valence-corrected chi connectivity index (χ4v) is 13.6. The monoisotopic (exact) mass is 1420 g/mol. The number of aliphatic hydroxyl groups is 3. The van der Waals surface area contributed by atoms with E-state index in [0.29, 0.717) is 57.2 Å². The van der Waals surface area contributed by atoms with Gasteiger partial charge < -0.3 is 76.2 Å². The van der Waals surface area contributed by atoms with E-state index in [1.807, 2.05) is 55.4 Å². The summed E-state index contributed by atoms with van der Waals surface area (Å²) >= 11 is 1.34. The summed E-state index contributed by atoms with van der Waals surface area (Å²) in [6.07, 6.45) is 2.84. The number of rotatable bonds is 27. The Hall–Kier alpha value is -6.13. The van der Waals surface area contributed by atoms with Gasteiger partial charge in [0.05, 0.1) is 6.10 Å². The summed E-state index contributed by atoms with van der Waals surface area (Å²) in [5.41, 5.74) is 0. The zero-order valence-electron chi connectivity index (χ0n) is 64.3. The second kappa shape index (κ2) is 44.3. The van der Waals surface area contributed by atoms with Crippen molar-refractivity contribution in [3.8, 4) is 0 Å². The van der Waals surface area contributed by atoms with Crippen LogP contribution in [0.5, 0.6) is 0 Å². The first-order valence-electron chi connectivity index (χ1n) is 35.9. The molecule has 0 bridgehead atoms. The molecule has 1 rings (SSSR count). The van der Waals surface area contributed by atoms with E-state index in [1.165, 1.54) is 104 Å². The Morgan fingerprint density at radius 1 is 0.455 bits per heavy atom. The second-order valence-electron chi connectivity index (χ2n) is 29.7. The molecule has 13 atom stereocenters. The van der Waals surface area contributed by atoms with Crippen molar-refractivity contribution in [2.24, 2.45) is 41.4 Å². The Labute approximate surface area is 596 Å². The molecule has 1 aliphatic rings. The molecule has 8 N–H and O–H groups in total. The smallest absolute Gasteiger partial charge is 0.246 e. The summed E-state index contributed by atoms with van der Waals surface area (Å²) < 4.78 is 0. The first kappa shape index (κ1) is 90.9. The molecular weight excluding hydrogens is 1290 g/mol. The number of hydrogen-bond acceptors (Lipinski definition) is 16. The minimum atomic E-state index is -1.69. The van der Waals surface area contributed by atoms with Gasteiger partial charge in [-0.25, -0.2) is 0 Å². The third-order valence-corrected chi connectivity index (χ3v) is 19.8. The highest BCUT2D eigenvalue weighted by Gasteiger charge is 2.46. The second-order valence-corrected chi connectivity index (χ2v) is 30.9. The fraction of sp³-hybridized carbons (Fsp3) is 0.831. The lowest BCUT2D eigenvalue weighted by molar-refractivity contribution is -0.157. The van der Waals surface area contributed by atoms with Gasteiger partial charge in [-0.2, -0.15) is 11.8 Å². The zero-order valence-corrected chi connectivity index (χ0v) is 65.1. The number of nitrogens with one attached hydrogen (secondary N) is 5. The average molecular weight is 1420 g/mol. The van der Waals surface area contributed by atoms with Gasteiger partial charge in [0.1, 0.15) is 73.1 Å². The summed E-state index contributed by atoms with van der Waals surface area (Å²) in [7, 11) is 9.95. The van der Waals surface area contributed by atoms with Gasteiger partial charge in [0, 0.05) is 68.2 Å². The van der Waals surface area contributed by atoms with Gasteiger partial charge in [-0.15, -0.1) is 0 Å². The Bertz CT molecular complexity index is 2630. The van der Waals surface area contributed by atoms with Crippen LogP contribution in [0.3, 0.4) is 0 Å². The van der Waals surface area contributed by atoms with Crippen LogP contribution in [0, 0.1) is 41.4 Å². The molecule has 0 spiro atoms. The number of aliphatic hydroxyl groups excluding tert-OH is 3.